The molecule has 2 aromatic rings. The van der Waals surface area contributed by atoms with Crippen LogP contribution in [0.1, 0.15) is 49.0 Å². The molecule has 0 spiro atoms. The Kier molecular flexibility index (Phi) is 4.49. The van der Waals surface area contributed by atoms with Gasteiger partial charge in [-0.1, -0.05) is 13.8 Å². The van der Waals surface area contributed by atoms with Gasteiger partial charge in [0.05, 0.1) is 29.2 Å². The normalized spacial score (nSPS) is 11.6. The number of fused-ring (bicyclic) bond motifs is 1. The average Bonchev–Trinajstić information content (AvgIpc) is 2.92. The molecule has 0 bridgehead atoms. The van der Waals surface area contributed by atoms with E-state index >= 15 is 0 Å². The summed E-state index contributed by atoms with van der Waals surface area (Å²) in [7, 11) is 0. The molecule has 0 radical (unpaired) electrons. The molecule has 2 rings (SSSR count). The molecule has 0 aliphatic carbocycles. The van der Waals surface area contributed by atoms with Crippen molar-refractivity contribution in [3.05, 3.63) is 29.5 Å². The van der Waals surface area contributed by atoms with Gasteiger partial charge in [0, 0.05) is 5.39 Å². The molecule has 3 N–H and O–H groups in total. The number of aliphatic carboxylic acids is 1. The summed E-state index contributed by atoms with van der Waals surface area (Å²) in [6.07, 6.45) is 2.69. The summed E-state index contributed by atoms with van der Waals surface area (Å²) < 4.78 is 0. The number of amides is 1. The van der Waals surface area contributed by atoms with Gasteiger partial charge in [-0.05, 0) is 37.5 Å². The van der Waals surface area contributed by atoms with Crippen molar-refractivity contribution in [2.24, 2.45) is 0 Å². The molecule has 0 atom stereocenters. The van der Waals surface area contributed by atoms with Crippen LogP contribution < -0.4 is 5.32 Å². The van der Waals surface area contributed by atoms with E-state index in [9.17, 15) is 9.59 Å². The fourth-order valence-corrected chi connectivity index (χ4v) is 2.71. The lowest BCUT2D eigenvalue weighted by Gasteiger charge is -2.31. The standard InChI is InChI=1S/C16H21N3O3/c1-4-16(5-2,8-13(20)21)18-15(22)12-7-10(3)6-11-9-17-19-14(11)12/h6-7,9H,4-5,8H2,1-3H3,(H,17,19)(H,18,22)(H,20,21). The molecular weight excluding hydrogens is 282 g/mol. The lowest BCUT2D eigenvalue weighted by Crippen LogP contribution is -2.49. The molecule has 22 heavy (non-hydrogen) atoms. The van der Waals surface area contributed by atoms with Crippen LogP contribution in [0.4, 0.5) is 0 Å². The molecule has 6 nitrogen and oxygen atoms in total. The fourth-order valence-electron chi connectivity index (χ4n) is 2.71. The number of benzene rings is 1. The highest BCUT2D eigenvalue weighted by Crippen LogP contribution is 2.23. The zero-order valence-corrected chi connectivity index (χ0v) is 13.1. The van der Waals surface area contributed by atoms with Gasteiger partial charge in [-0.15, -0.1) is 0 Å². The number of nitrogens with one attached hydrogen (secondary N) is 2. The smallest absolute Gasteiger partial charge is 0.305 e. The van der Waals surface area contributed by atoms with Crippen LogP contribution in [0.3, 0.4) is 0 Å². The third-order valence-electron chi connectivity index (χ3n) is 4.16. The Morgan fingerprint density at radius 2 is 2.00 bits per heavy atom. The Bertz CT molecular complexity index is 702. The highest BCUT2D eigenvalue weighted by atomic mass is 16.4. The zero-order valence-electron chi connectivity index (χ0n) is 13.1. The van der Waals surface area contributed by atoms with E-state index in [1.165, 1.54) is 0 Å². The maximum absolute atomic E-state index is 12.7. The summed E-state index contributed by atoms with van der Waals surface area (Å²) in [4.78, 5) is 23.8. The first kappa shape index (κ1) is 16.0. The Labute approximate surface area is 128 Å². The molecule has 0 unspecified atom stereocenters. The van der Waals surface area contributed by atoms with E-state index in [0.29, 0.717) is 23.9 Å². The number of carboxylic acid groups (broad SMARTS) is 1. The van der Waals surface area contributed by atoms with Gasteiger partial charge in [0.1, 0.15) is 0 Å². The zero-order chi connectivity index (χ0) is 16.3. The van der Waals surface area contributed by atoms with Crippen molar-refractivity contribution in [2.45, 2.75) is 45.6 Å². The van der Waals surface area contributed by atoms with Crippen molar-refractivity contribution in [2.75, 3.05) is 0 Å². The average molecular weight is 303 g/mol. The molecule has 1 amide bonds. The second-order valence-corrected chi connectivity index (χ2v) is 5.66. The summed E-state index contributed by atoms with van der Waals surface area (Å²) in [6, 6.07) is 3.73. The van der Waals surface area contributed by atoms with Gasteiger partial charge in [0.15, 0.2) is 0 Å². The van der Waals surface area contributed by atoms with Crippen LogP contribution in [-0.4, -0.2) is 32.7 Å². The number of hydrogen-bond donors (Lipinski definition) is 3. The molecular formula is C16H21N3O3. The van der Waals surface area contributed by atoms with Crippen molar-refractivity contribution in [1.29, 1.82) is 0 Å². The molecule has 1 aromatic carbocycles. The van der Waals surface area contributed by atoms with Crippen LogP contribution in [0.15, 0.2) is 18.3 Å². The Morgan fingerprint density at radius 1 is 1.32 bits per heavy atom. The van der Waals surface area contributed by atoms with E-state index < -0.39 is 11.5 Å². The number of carbonyl (C=O) groups is 2. The van der Waals surface area contributed by atoms with E-state index in [1.54, 1.807) is 12.3 Å². The molecule has 0 aliphatic heterocycles. The van der Waals surface area contributed by atoms with E-state index in [2.05, 4.69) is 15.5 Å². The molecule has 118 valence electrons. The Balaban J connectivity index is 2.37. The largest absolute Gasteiger partial charge is 0.481 e. The summed E-state index contributed by atoms with van der Waals surface area (Å²) in [5, 5.41) is 19.7. The molecule has 0 fully saturated rings. The number of aromatic amines is 1. The maximum atomic E-state index is 12.7. The van der Waals surface area contributed by atoms with Crippen molar-refractivity contribution >= 4 is 22.8 Å². The van der Waals surface area contributed by atoms with Crippen LogP contribution in [-0.2, 0) is 4.79 Å². The number of carboxylic acids is 1. The van der Waals surface area contributed by atoms with E-state index in [0.717, 1.165) is 10.9 Å². The van der Waals surface area contributed by atoms with Crippen molar-refractivity contribution < 1.29 is 14.7 Å². The topological polar surface area (TPSA) is 95.1 Å². The fraction of sp³-hybridized carbons (Fsp3) is 0.438. The second kappa shape index (κ2) is 6.17. The molecule has 1 aromatic heterocycles. The van der Waals surface area contributed by atoms with E-state index in [4.69, 9.17) is 5.11 Å². The lowest BCUT2D eigenvalue weighted by molar-refractivity contribution is -0.138. The summed E-state index contributed by atoms with van der Waals surface area (Å²) in [5.74, 6) is -1.19. The maximum Gasteiger partial charge on any atom is 0.305 e. The number of aryl methyl sites for hydroxylation is 1. The van der Waals surface area contributed by atoms with Gasteiger partial charge in [0.25, 0.3) is 5.91 Å². The second-order valence-electron chi connectivity index (χ2n) is 5.66. The van der Waals surface area contributed by atoms with Crippen LogP contribution >= 0.6 is 0 Å². The third-order valence-corrected chi connectivity index (χ3v) is 4.16. The van der Waals surface area contributed by atoms with Crippen LogP contribution in [0, 0.1) is 6.92 Å². The van der Waals surface area contributed by atoms with Crippen LogP contribution in [0.25, 0.3) is 10.9 Å². The first-order valence-corrected chi connectivity index (χ1v) is 7.39. The van der Waals surface area contributed by atoms with E-state index in [1.807, 2.05) is 26.8 Å². The first-order valence-electron chi connectivity index (χ1n) is 7.39. The molecule has 0 saturated heterocycles. The monoisotopic (exact) mass is 303 g/mol. The number of hydrogen-bond acceptors (Lipinski definition) is 3. The Morgan fingerprint density at radius 3 is 2.59 bits per heavy atom. The summed E-state index contributed by atoms with van der Waals surface area (Å²) in [5.41, 5.74) is 1.37. The van der Waals surface area contributed by atoms with Gasteiger partial charge in [-0.3, -0.25) is 14.7 Å². The SMILES string of the molecule is CCC(CC)(CC(=O)O)NC(=O)c1cc(C)cc2cn[nH]c12. The minimum atomic E-state index is -0.917. The van der Waals surface area contributed by atoms with Crippen molar-refractivity contribution in [3.63, 3.8) is 0 Å². The van der Waals surface area contributed by atoms with Gasteiger partial charge in [0.2, 0.25) is 0 Å². The Hall–Kier alpha value is -2.37. The van der Waals surface area contributed by atoms with Gasteiger partial charge in [-0.25, -0.2) is 0 Å². The number of aromatic nitrogens is 2. The third kappa shape index (κ3) is 3.10. The summed E-state index contributed by atoms with van der Waals surface area (Å²) >= 11 is 0. The number of H-pyrrole nitrogens is 1. The first-order chi connectivity index (χ1) is 10.4. The molecule has 6 heteroatoms. The van der Waals surface area contributed by atoms with Crippen molar-refractivity contribution in [3.8, 4) is 0 Å². The summed E-state index contributed by atoms with van der Waals surface area (Å²) in [6.45, 7) is 5.68. The minimum Gasteiger partial charge on any atom is -0.481 e. The molecule has 0 aliphatic rings. The van der Waals surface area contributed by atoms with Crippen molar-refractivity contribution in [1.82, 2.24) is 15.5 Å². The van der Waals surface area contributed by atoms with Gasteiger partial charge >= 0.3 is 5.97 Å². The van der Waals surface area contributed by atoms with E-state index in [-0.39, 0.29) is 12.3 Å². The number of rotatable bonds is 6. The lowest BCUT2D eigenvalue weighted by atomic mass is 9.88. The predicted octanol–water partition coefficient (Wildman–Crippen LogP) is 2.63. The van der Waals surface area contributed by atoms with Crippen LogP contribution in [0.2, 0.25) is 0 Å². The van der Waals surface area contributed by atoms with Crippen LogP contribution in [0.5, 0.6) is 0 Å². The van der Waals surface area contributed by atoms with Gasteiger partial charge in [-0.2, -0.15) is 5.10 Å². The molecule has 0 saturated carbocycles. The van der Waals surface area contributed by atoms with Gasteiger partial charge < -0.3 is 10.4 Å². The minimum absolute atomic E-state index is 0.0936. The number of carbonyl (C=O) groups excluding carboxylic acids is 1. The molecule has 1 heterocycles. The number of nitrogens with zero attached hydrogens (tertiary/aromatic N) is 1. The highest BCUT2D eigenvalue weighted by molar-refractivity contribution is 6.06. The quantitative estimate of drug-likeness (QED) is 0.764. The highest BCUT2D eigenvalue weighted by Gasteiger charge is 2.31. The predicted molar refractivity (Wildman–Crippen MR) is 83.9 cm³/mol.